The van der Waals surface area contributed by atoms with Gasteiger partial charge in [0.25, 0.3) is 21.6 Å². The molecule has 0 aliphatic heterocycles. The van der Waals surface area contributed by atoms with Crippen LogP contribution in [0.2, 0.25) is 10.0 Å². The molecular formula is C25H24Cl2N4O7S. The molecule has 14 heteroatoms. The van der Waals surface area contributed by atoms with Gasteiger partial charge in [0.2, 0.25) is 0 Å². The molecule has 3 rings (SSSR count). The Kier molecular flexibility index (Phi) is 9.38. The fraction of sp³-hybridized carbons (Fsp3) is 0.200. The van der Waals surface area contributed by atoms with E-state index in [0.29, 0.717) is 18.8 Å². The van der Waals surface area contributed by atoms with Crippen molar-refractivity contribution in [1.82, 2.24) is 0 Å². The molecule has 0 radical (unpaired) electrons. The third-order valence-electron chi connectivity index (χ3n) is 5.62. The highest BCUT2D eigenvalue weighted by molar-refractivity contribution is 7.92. The molecule has 0 atom stereocenters. The van der Waals surface area contributed by atoms with Gasteiger partial charge in [0.05, 0.1) is 44.6 Å². The summed E-state index contributed by atoms with van der Waals surface area (Å²) in [6.45, 7) is 4.83. The fourth-order valence-electron chi connectivity index (χ4n) is 3.68. The Bertz CT molecular complexity index is 1540. The zero-order valence-corrected chi connectivity index (χ0v) is 23.4. The molecule has 2 N–H and O–H groups in total. The van der Waals surface area contributed by atoms with Crippen LogP contribution in [-0.2, 0) is 14.8 Å². The summed E-state index contributed by atoms with van der Waals surface area (Å²) in [5.41, 5.74) is -0.200. The van der Waals surface area contributed by atoms with E-state index in [1.807, 2.05) is 18.7 Å². The van der Waals surface area contributed by atoms with Gasteiger partial charge in [-0.15, -0.1) is 0 Å². The van der Waals surface area contributed by atoms with E-state index in [4.69, 9.17) is 23.2 Å². The van der Waals surface area contributed by atoms with Crippen LogP contribution in [0.5, 0.6) is 0 Å². The van der Waals surface area contributed by atoms with Crippen molar-refractivity contribution in [2.24, 2.45) is 0 Å². The number of nitro benzene ring substituents is 1. The van der Waals surface area contributed by atoms with E-state index >= 15 is 0 Å². The Morgan fingerprint density at radius 1 is 0.974 bits per heavy atom. The molecule has 39 heavy (non-hydrogen) atoms. The Hall–Kier alpha value is -3.87. The normalized spacial score (nSPS) is 11.0. The first-order valence-corrected chi connectivity index (χ1v) is 13.7. The zero-order valence-electron chi connectivity index (χ0n) is 21.0. The minimum atomic E-state index is -4.18. The second kappa shape index (κ2) is 12.3. The minimum Gasteiger partial charge on any atom is -0.465 e. The Balaban J connectivity index is 2.07. The number of halogens is 2. The van der Waals surface area contributed by atoms with Crippen LogP contribution < -0.4 is 14.9 Å². The summed E-state index contributed by atoms with van der Waals surface area (Å²) in [6.07, 6.45) is 0. The lowest BCUT2D eigenvalue weighted by atomic mass is 10.1. The van der Waals surface area contributed by atoms with Crippen molar-refractivity contribution in [3.05, 3.63) is 85.9 Å². The molecule has 0 aliphatic carbocycles. The van der Waals surface area contributed by atoms with E-state index < -0.39 is 32.5 Å². The number of rotatable bonds is 10. The summed E-state index contributed by atoms with van der Waals surface area (Å²) in [6, 6.07) is 11.6. The number of non-ortho nitro benzene ring substituents is 1. The highest BCUT2D eigenvalue weighted by Gasteiger charge is 2.23. The van der Waals surface area contributed by atoms with E-state index in [2.05, 4.69) is 14.8 Å². The highest BCUT2D eigenvalue weighted by atomic mass is 35.5. The lowest BCUT2D eigenvalue weighted by molar-refractivity contribution is -0.384. The van der Waals surface area contributed by atoms with Gasteiger partial charge in [-0.25, -0.2) is 13.2 Å². The van der Waals surface area contributed by atoms with Gasteiger partial charge >= 0.3 is 5.97 Å². The molecule has 0 fully saturated rings. The molecule has 206 valence electrons. The Labute approximate surface area is 234 Å². The van der Waals surface area contributed by atoms with E-state index in [-0.39, 0.29) is 37.4 Å². The summed E-state index contributed by atoms with van der Waals surface area (Å²) in [7, 11) is -3.08. The van der Waals surface area contributed by atoms with Gasteiger partial charge in [0, 0.05) is 35.8 Å². The van der Waals surface area contributed by atoms with Crippen LogP contribution in [0.1, 0.15) is 34.6 Å². The van der Waals surface area contributed by atoms with Gasteiger partial charge in [-0.05, 0) is 56.3 Å². The van der Waals surface area contributed by atoms with Gasteiger partial charge in [-0.1, -0.05) is 23.2 Å². The van der Waals surface area contributed by atoms with Crippen LogP contribution in [0.15, 0.2) is 59.5 Å². The van der Waals surface area contributed by atoms with Crippen molar-refractivity contribution in [3.8, 4) is 0 Å². The molecule has 1 amide bonds. The second-order valence-corrected chi connectivity index (χ2v) is 10.6. The third-order valence-corrected chi connectivity index (χ3v) is 7.54. The number of hydrogen-bond donors (Lipinski definition) is 2. The first-order chi connectivity index (χ1) is 18.4. The monoisotopic (exact) mass is 594 g/mol. The van der Waals surface area contributed by atoms with Crippen LogP contribution in [0, 0.1) is 10.1 Å². The molecule has 0 unspecified atom stereocenters. The van der Waals surface area contributed by atoms with Crippen LogP contribution in [0.4, 0.5) is 22.7 Å². The molecule has 0 aliphatic rings. The van der Waals surface area contributed by atoms with Crippen molar-refractivity contribution >= 4 is 67.9 Å². The first kappa shape index (κ1) is 29.7. The number of methoxy groups -OCH3 is 1. The van der Waals surface area contributed by atoms with Crippen molar-refractivity contribution in [2.45, 2.75) is 18.7 Å². The number of nitrogens with zero attached hydrogens (tertiary/aromatic N) is 2. The van der Waals surface area contributed by atoms with Crippen LogP contribution in [-0.4, -0.2) is 45.4 Å². The SMILES string of the molecule is CCN(CC)c1ccc(S(=O)(=O)Nc2cc(Cl)ccc2Cl)cc1NC(=O)c1cc(C(=O)OC)cc([N+](=O)[O-])c1. The molecule has 0 bridgehead atoms. The van der Waals surface area contributed by atoms with Gasteiger partial charge in [-0.3, -0.25) is 19.6 Å². The standard InChI is InChI=1S/C25H24Cl2N4O7S/c1-4-30(5-2)23-9-7-19(39(36,37)29-21-13-17(26)6-8-20(21)27)14-22(23)28-24(32)15-10-16(25(33)38-3)12-18(11-15)31(34)35/h6-14,29H,4-5H2,1-3H3,(H,28,32). The largest absolute Gasteiger partial charge is 0.465 e. The number of nitrogens with one attached hydrogen (secondary N) is 2. The van der Waals surface area contributed by atoms with Gasteiger partial charge in [-0.2, -0.15) is 0 Å². The summed E-state index contributed by atoms with van der Waals surface area (Å²) >= 11 is 12.1. The van der Waals surface area contributed by atoms with Crippen LogP contribution >= 0.6 is 23.2 Å². The number of hydrogen-bond acceptors (Lipinski definition) is 8. The smallest absolute Gasteiger partial charge is 0.338 e. The third kappa shape index (κ3) is 6.96. The summed E-state index contributed by atoms with van der Waals surface area (Å²) in [5, 5.41) is 14.4. The van der Waals surface area contributed by atoms with E-state index in [1.165, 1.54) is 36.4 Å². The molecule has 0 aromatic heterocycles. The number of carbonyl (C=O) groups excluding carboxylic acids is 2. The number of esters is 1. The van der Waals surface area contributed by atoms with Crippen molar-refractivity contribution < 1.29 is 27.7 Å². The molecule has 0 heterocycles. The fourth-order valence-corrected chi connectivity index (χ4v) is 5.17. The highest BCUT2D eigenvalue weighted by Crippen LogP contribution is 2.32. The molecule has 0 saturated heterocycles. The van der Waals surface area contributed by atoms with Crippen molar-refractivity contribution in [2.75, 3.05) is 35.1 Å². The molecule has 0 saturated carbocycles. The lowest BCUT2D eigenvalue weighted by Gasteiger charge is -2.25. The topological polar surface area (TPSA) is 148 Å². The number of benzene rings is 3. The molecule has 0 spiro atoms. The predicted molar refractivity (Wildman–Crippen MR) is 150 cm³/mol. The molecule has 3 aromatic carbocycles. The summed E-state index contributed by atoms with van der Waals surface area (Å²) in [4.78, 5) is 37.6. The summed E-state index contributed by atoms with van der Waals surface area (Å²) in [5.74, 6) is -1.67. The predicted octanol–water partition coefficient (Wildman–Crippen LogP) is 5.59. The van der Waals surface area contributed by atoms with Crippen LogP contribution in [0.25, 0.3) is 0 Å². The number of anilines is 3. The quantitative estimate of drug-likeness (QED) is 0.175. The summed E-state index contributed by atoms with van der Waals surface area (Å²) < 4.78 is 33.4. The van der Waals surface area contributed by atoms with E-state index in [9.17, 15) is 28.1 Å². The van der Waals surface area contributed by atoms with E-state index in [0.717, 1.165) is 25.3 Å². The molecule has 11 nitrogen and oxygen atoms in total. The van der Waals surface area contributed by atoms with E-state index in [1.54, 1.807) is 0 Å². The number of amides is 1. The zero-order chi connectivity index (χ0) is 28.9. The molecule has 3 aromatic rings. The van der Waals surface area contributed by atoms with Crippen LogP contribution in [0.3, 0.4) is 0 Å². The Morgan fingerprint density at radius 3 is 2.26 bits per heavy atom. The van der Waals surface area contributed by atoms with Crippen molar-refractivity contribution in [3.63, 3.8) is 0 Å². The average Bonchev–Trinajstić information content (AvgIpc) is 2.91. The minimum absolute atomic E-state index is 0.0644. The first-order valence-electron chi connectivity index (χ1n) is 11.5. The lowest BCUT2D eigenvalue weighted by Crippen LogP contribution is -2.25. The van der Waals surface area contributed by atoms with Gasteiger partial charge in [0.1, 0.15) is 0 Å². The number of sulfonamides is 1. The molecular weight excluding hydrogens is 571 g/mol. The second-order valence-electron chi connectivity index (χ2n) is 8.05. The maximum Gasteiger partial charge on any atom is 0.338 e. The number of carbonyl (C=O) groups is 2. The number of nitro groups is 1. The van der Waals surface area contributed by atoms with Crippen molar-refractivity contribution in [1.29, 1.82) is 0 Å². The Morgan fingerprint density at radius 2 is 1.64 bits per heavy atom. The maximum atomic E-state index is 13.2. The van der Waals surface area contributed by atoms with Gasteiger partial charge in [0.15, 0.2) is 0 Å². The number of ether oxygens (including phenoxy) is 1. The average molecular weight is 595 g/mol. The van der Waals surface area contributed by atoms with Gasteiger partial charge < -0.3 is 15.0 Å². The maximum absolute atomic E-state index is 13.2.